The molecule has 3 aliphatic rings. The average molecular weight is 475 g/mol. The number of hydrogen-bond donors (Lipinski definition) is 3. The summed E-state index contributed by atoms with van der Waals surface area (Å²) in [4.78, 5) is 36.2. The van der Waals surface area contributed by atoms with Gasteiger partial charge in [0.05, 0.1) is 18.4 Å². The topological polar surface area (TPSA) is 105 Å². The molecule has 182 valence electrons. The molecule has 0 aliphatic heterocycles. The van der Waals surface area contributed by atoms with E-state index in [1.165, 1.54) is 11.1 Å². The summed E-state index contributed by atoms with van der Waals surface area (Å²) in [6, 6.07) is 16.1. The maximum atomic E-state index is 12.6. The Morgan fingerprint density at radius 1 is 0.971 bits per heavy atom. The van der Waals surface area contributed by atoms with Gasteiger partial charge < -0.3 is 20.5 Å². The van der Waals surface area contributed by atoms with E-state index in [1.807, 2.05) is 30.3 Å². The van der Waals surface area contributed by atoms with Crippen LogP contribution in [0, 0.1) is 17.8 Å². The van der Waals surface area contributed by atoms with Crippen LogP contribution in [0.5, 0.6) is 0 Å². The van der Waals surface area contributed by atoms with E-state index in [9.17, 15) is 14.4 Å². The van der Waals surface area contributed by atoms with Crippen molar-refractivity contribution in [3.8, 4) is 11.1 Å². The Morgan fingerprint density at radius 3 is 2.26 bits per heavy atom. The van der Waals surface area contributed by atoms with Crippen molar-refractivity contribution in [1.82, 2.24) is 10.6 Å². The number of fused-ring (bicyclic) bond motifs is 3. The van der Waals surface area contributed by atoms with Gasteiger partial charge in [-0.05, 0) is 53.4 Å². The zero-order valence-corrected chi connectivity index (χ0v) is 19.5. The van der Waals surface area contributed by atoms with Crippen LogP contribution in [0.2, 0.25) is 0 Å². The molecule has 3 unspecified atom stereocenters. The van der Waals surface area contributed by atoms with E-state index in [0.29, 0.717) is 18.9 Å². The fourth-order valence-corrected chi connectivity index (χ4v) is 5.35. The highest BCUT2D eigenvalue weighted by Crippen LogP contribution is 2.44. The lowest BCUT2D eigenvalue weighted by Crippen LogP contribution is -2.37. The number of nitrogens with one attached hydrogen (secondary N) is 2. The minimum atomic E-state index is -0.829. The van der Waals surface area contributed by atoms with E-state index in [1.54, 1.807) is 6.08 Å². The molecule has 7 heteroatoms. The molecule has 0 bridgehead atoms. The van der Waals surface area contributed by atoms with Gasteiger partial charge in [0.25, 0.3) is 0 Å². The Bertz CT molecular complexity index is 1110. The van der Waals surface area contributed by atoms with Gasteiger partial charge in [0, 0.05) is 12.5 Å². The van der Waals surface area contributed by atoms with Crippen molar-refractivity contribution in [2.45, 2.75) is 37.6 Å². The molecule has 0 saturated heterocycles. The number of alkyl carbamates (subject to hydrolysis) is 1. The Hall–Kier alpha value is -3.61. The molecule has 5 rings (SSSR count). The molecule has 35 heavy (non-hydrogen) atoms. The van der Waals surface area contributed by atoms with Crippen LogP contribution in [0.15, 0.2) is 60.7 Å². The van der Waals surface area contributed by atoms with E-state index in [-0.39, 0.29) is 42.7 Å². The number of ether oxygens (including phenoxy) is 1. The first-order valence-electron chi connectivity index (χ1n) is 12.3. The highest BCUT2D eigenvalue weighted by Gasteiger charge is 2.34. The van der Waals surface area contributed by atoms with Gasteiger partial charge in [0.1, 0.15) is 6.61 Å². The molecule has 3 aliphatic carbocycles. The quantitative estimate of drug-likeness (QED) is 0.475. The molecule has 2 aromatic carbocycles. The second-order valence-electron chi connectivity index (χ2n) is 9.74. The predicted molar refractivity (Wildman–Crippen MR) is 131 cm³/mol. The minimum absolute atomic E-state index is 0.00369. The van der Waals surface area contributed by atoms with Crippen LogP contribution in [-0.4, -0.2) is 42.3 Å². The van der Waals surface area contributed by atoms with Crippen molar-refractivity contribution in [2.75, 3.05) is 13.2 Å². The Balaban J connectivity index is 1.09. The van der Waals surface area contributed by atoms with Crippen molar-refractivity contribution in [3.63, 3.8) is 0 Å². The van der Waals surface area contributed by atoms with Crippen LogP contribution in [0.3, 0.4) is 0 Å². The van der Waals surface area contributed by atoms with Crippen molar-refractivity contribution < 1.29 is 24.2 Å². The predicted octanol–water partition coefficient (Wildman–Crippen LogP) is 4.09. The van der Waals surface area contributed by atoms with Crippen LogP contribution in [0.1, 0.15) is 42.7 Å². The molecule has 7 nitrogen and oxygen atoms in total. The third kappa shape index (κ3) is 5.24. The summed E-state index contributed by atoms with van der Waals surface area (Å²) >= 11 is 0. The zero-order chi connectivity index (χ0) is 24.4. The number of hydrogen-bond acceptors (Lipinski definition) is 4. The Kier molecular flexibility index (Phi) is 6.57. The summed E-state index contributed by atoms with van der Waals surface area (Å²) in [5.41, 5.74) is 4.67. The number of rotatable bonds is 9. The molecule has 3 N–H and O–H groups in total. The van der Waals surface area contributed by atoms with Crippen LogP contribution in [-0.2, 0) is 14.3 Å². The second-order valence-corrected chi connectivity index (χ2v) is 9.74. The van der Waals surface area contributed by atoms with Crippen molar-refractivity contribution in [2.24, 2.45) is 17.8 Å². The molecule has 0 radical (unpaired) electrons. The summed E-state index contributed by atoms with van der Waals surface area (Å²) in [5.74, 6) is -0.932. The van der Waals surface area contributed by atoms with Gasteiger partial charge in [-0.2, -0.15) is 0 Å². The molecular weight excluding hydrogens is 444 g/mol. The minimum Gasteiger partial charge on any atom is -0.481 e. The van der Waals surface area contributed by atoms with Gasteiger partial charge in [0.15, 0.2) is 0 Å². The number of carboxylic acid groups (broad SMARTS) is 1. The Morgan fingerprint density at radius 2 is 1.63 bits per heavy atom. The first-order valence-corrected chi connectivity index (χ1v) is 12.3. The number of carboxylic acids is 1. The SMILES string of the molecule is O=C(O)CC(CNC(=O)C1C=CC(NC(=O)OCC2c3ccccc3-c3ccccc32)C1)C1CC1. The third-order valence-corrected chi connectivity index (χ3v) is 7.33. The molecule has 2 aromatic rings. The van der Waals surface area contributed by atoms with Gasteiger partial charge in [-0.15, -0.1) is 0 Å². The lowest BCUT2D eigenvalue weighted by Gasteiger charge is -2.18. The first kappa shape index (κ1) is 23.1. The largest absolute Gasteiger partial charge is 0.481 e. The standard InChI is InChI=1S/C28H30N2O5/c31-26(32)14-19(17-9-10-17)15-29-27(33)18-11-12-20(13-18)30-28(34)35-16-25-23-7-3-1-5-21(23)22-6-2-4-8-24(22)25/h1-8,11-12,17-20,25H,9-10,13-16H2,(H,29,33)(H,30,34)(H,31,32). The number of amides is 2. The molecule has 3 atom stereocenters. The summed E-state index contributed by atoms with van der Waals surface area (Å²) in [6.07, 6.45) is 5.72. The van der Waals surface area contributed by atoms with E-state index in [0.717, 1.165) is 24.0 Å². The monoisotopic (exact) mass is 474 g/mol. The summed E-state index contributed by atoms with van der Waals surface area (Å²) in [7, 11) is 0. The van der Waals surface area contributed by atoms with Crippen LogP contribution in [0.4, 0.5) is 4.79 Å². The number of carbonyl (C=O) groups is 3. The van der Waals surface area contributed by atoms with Gasteiger partial charge in [-0.25, -0.2) is 4.79 Å². The number of benzene rings is 2. The maximum absolute atomic E-state index is 12.6. The first-order chi connectivity index (χ1) is 17.0. The highest BCUT2D eigenvalue weighted by molar-refractivity contribution is 5.81. The number of carbonyl (C=O) groups excluding carboxylic acids is 2. The third-order valence-electron chi connectivity index (χ3n) is 7.33. The normalized spacial score (nSPS) is 21.1. The number of aliphatic carboxylic acids is 1. The molecule has 0 spiro atoms. The van der Waals surface area contributed by atoms with Gasteiger partial charge in [0.2, 0.25) is 5.91 Å². The van der Waals surface area contributed by atoms with Crippen LogP contribution >= 0.6 is 0 Å². The summed E-state index contributed by atoms with van der Waals surface area (Å²) in [5, 5.41) is 14.8. The van der Waals surface area contributed by atoms with Crippen LogP contribution in [0.25, 0.3) is 11.1 Å². The zero-order valence-electron chi connectivity index (χ0n) is 19.5. The molecule has 0 aromatic heterocycles. The second kappa shape index (κ2) is 9.94. The van der Waals surface area contributed by atoms with Crippen LogP contribution < -0.4 is 10.6 Å². The fourth-order valence-electron chi connectivity index (χ4n) is 5.35. The molecule has 2 amide bonds. The smallest absolute Gasteiger partial charge is 0.407 e. The highest BCUT2D eigenvalue weighted by atomic mass is 16.5. The molecule has 0 heterocycles. The van der Waals surface area contributed by atoms with Gasteiger partial charge in [-0.3, -0.25) is 9.59 Å². The lowest BCUT2D eigenvalue weighted by molar-refractivity contribution is -0.138. The van der Waals surface area contributed by atoms with Crippen molar-refractivity contribution >= 4 is 18.0 Å². The molecule has 1 saturated carbocycles. The van der Waals surface area contributed by atoms with E-state index >= 15 is 0 Å². The van der Waals surface area contributed by atoms with Crippen molar-refractivity contribution in [1.29, 1.82) is 0 Å². The Labute approximate surface area is 204 Å². The molecule has 1 fully saturated rings. The van der Waals surface area contributed by atoms with E-state index < -0.39 is 12.1 Å². The summed E-state index contributed by atoms with van der Waals surface area (Å²) < 4.78 is 5.61. The molecular formula is C28H30N2O5. The summed E-state index contributed by atoms with van der Waals surface area (Å²) in [6.45, 7) is 0.622. The average Bonchev–Trinajstić information content (AvgIpc) is 3.51. The van der Waals surface area contributed by atoms with Gasteiger partial charge >= 0.3 is 12.1 Å². The van der Waals surface area contributed by atoms with E-state index in [2.05, 4.69) is 34.9 Å². The van der Waals surface area contributed by atoms with Gasteiger partial charge in [-0.1, -0.05) is 60.7 Å². The van der Waals surface area contributed by atoms with E-state index in [4.69, 9.17) is 9.84 Å². The van der Waals surface area contributed by atoms with Crippen molar-refractivity contribution in [3.05, 3.63) is 71.8 Å². The maximum Gasteiger partial charge on any atom is 0.407 e. The lowest BCUT2D eigenvalue weighted by atomic mass is 9.98. The fraction of sp³-hybridized carbons (Fsp3) is 0.393.